The van der Waals surface area contributed by atoms with Gasteiger partial charge >= 0.3 is 5.97 Å². The summed E-state index contributed by atoms with van der Waals surface area (Å²) in [6, 6.07) is 11.2. The smallest absolute Gasteiger partial charge is 0.305 e. The summed E-state index contributed by atoms with van der Waals surface area (Å²) in [5, 5.41) is 31.8. The zero-order valence-electron chi connectivity index (χ0n) is 20.0. The lowest BCUT2D eigenvalue weighted by Gasteiger charge is -2.31. The minimum atomic E-state index is -1.18. The first-order valence-electron chi connectivity index (χ1n) is 11.9. The van der Waals surface area contributed by atoms with Gasteiger partial charge in [0.15, 0.2) is 0 Å². The number of carboxylic acids is 2. The van der Waals surface area contributed by atoms with E-state index in [1.807, 2.05) is 30.3 Å². The van der Waals surface area contributed by atoms with Gasteiger partial charge in [-0.2, -0.15) is 5.26 Å². The molecule has 1 amide bonds. The molecule has 2 heterocycles. The first-order valence-corrected chi connectivity index (χ1v) is 12.7. The van der Waals surface area contributed by atoms with Crippen molar-refractivity contribution in [1.82, 2.24) is 5.32 Å². The van der Waals surface area contributed by atoms with Crippen LogP contribution in [0.1, 0.15) is 42.5 Å². The number of benzene rings is 1. The summed E-state index contributed by atoms with van der Waals surface area (Å²) in [5.74, 6) is -2.45. The number of carbonyl (C=O) groups excluding carboxylic acids is 2. The topological polar surface area (TPSA) is 161 Å². The van der Waals surface area contributed by atoms with Crippen molar-refractivity contribution < 1.29 is 30.3 Å². The standard InChI is InChI=1S/C26H30N4O5S/c27-16-19(25(33)29-11-2-1-5-21(28)26(34)35)15-20-7-9-23(36-20)18-6-8-22-17(14-18)4-3-12-30(22)13-10-24(31)32/h6-9,14-15,21H,1-5,10-13,28H2,(H,29,33)(H,31,32)(H,34,35)/t21-/m1/s1. The molecule has 0 aliphatic carbocycles. The number of hydrogen-bond donors (Lipinski definition) is 3. The first kappa shape index (κ1) is 26.9. The van der Waals surface area contributed by atoms with Crippen LogP contribution in [0, 0.1) is 11.3 Å². The maximum atomic E-state index is 12.4. The van der Waals surface area contributed by atoms with Gasteiger partial charge in [-0.3, -0.25) is 9.59 Å². The molecule has 0 bridgehead atoms. The van der Waals surface area contributed by atoms with Gasteiger partial charge in [0.05, 0.1) is 12.4 Å². The molecule has 10 heteroatoms. The van der Waals surface area contributed by atoms with E-state index in [0.29, 0.717) is 32.4 Å². The van der Waals surface area contributed by atoms with E-state index in [1.54, 1.807) is 6.08 Å². The molecule has 1 aromatic heterocycles. The van der Waals surface area contributed by atoms with Crippen molar-refractivity contribution in [2.75, 3.05) is 24.5 Å². The van der Waals surface area contributed by atoms with E-state index in [2.05, 4.69) is 22.0 Å². The fourth-order valence-corrected chi connectivity index (χ4v) is 5.05. The van der Waals surface area contributed by atoms with Crippen LogP contribution in [0.25, 0.3) is 16.5 Å². The number of fused-ring (bicyclic) bond motifs is 1. The molecule has 0 spiro atoms. The molecule has 0 saturated heterocycles. The zero-order chi connectivity index (χ0) is 26.1. The molecule has 1 aliphatic rings. The normalized spacial score (nSPS) is 14.0. The molecule has 0 saturated carbocycles. The van der Waals surface area contributed by atoms with Crippen LogP contribution in [0.4, 0.5) is 5.69 Å². The van der Waals surface area contributed by atoms with Gasteiger partial charge in [-0.25, -0.2) is 0 Å². The van der Waals surface area contributed by atoms with Gasteiger partial charge in [-0.15, -0.1) is 11.3 Å². The predicted octanol–water partition coefficient (Wildman–Crippen LogP) is 1.20. The molecular formula is C26H30N4O5S. The molecule has 1 aromatic carbocycles. The van der Waals surface area contributed by atoms with E-state index in [-0.39, 0.29) is 12.0 Å². The third-order valence-electron chi connectivity index (χ3n) is 6.05. The number of quaternary nitrogens is 1. The van der Waals surface area contributed by atoms with Crippen molar-refractivity contribution >= 4 is 40.9 Å². The Morgan fingerprint density at radius 2 is 2.08 bits per heavy atom. The molecule has 36 heavy (non-hydrogen) atoms. The number of anilines is 1. The highest BCUT2D eigenvalue weighted by atomic mass is 32.1. The van der Waals surface area contributed by atoms with E-state index in [4.69, 9.17) is 5.11 Å². The predicted molar refractivity (Wildman–Crippen MR) is 135 cm³/mol. The Bertz CT molecular complexity index is 1180. The summed E-state index contributed by atoms with van der Waals surface area (Å²) < 4.78 is 0. The Hall–Kier alpha value is -3.68. The average molecular weight is 511 g/mol. The number of carboxylic acid groups (broad SMARTS) is 2. The highest BCUT2D eigenvalue weighted by Crippen LogP contribution is 2.35. The van der Waals surface area contributed by atoms with Crippen molar-refractivity contribution in [3.63, 3.8) is 0 Å². The van der Waals surface area contributed by atoms with Gasteiger partial charge < -0.3 is 31.0 Å². The molecule has 1 aliphatic heterocycles. The van der Waals surface area contributed by atoms with Crippen LogP contribution >= 0.6 is 11.3 Å². The van der Waals surface area contributed by atoms with Crippen LogP contribution in [0.15, 0.2) is 35.9 Å². The Morgan fingerprint density at radius 1 is 1.28 bits per heavy atom. The summed E-state index contributed by atoms with van der Waals surface area (Å²) in [5.41, 5.74) is 6.82. The summed E-state index contributed by atoms with van der Waals surface area (Å²) in [7, 11) is 0. The number of carbonyl (C=O) groups is 3. The zero-order valence-corrected chi connectivity index (χ0v) is 20.8. The maximum Gasteiger partial charge on any atom is 0.305 e. The molecule has 190 valence electrons. The number of nitrogens with zero attached hydrogens (tertiary/aromatic N) is 2. The molecule has 0 unspecified atom stereocenters. The summed E-state index contributed by atoms with van der Waals surface area (Å²) in [4.78, 5) is 38.0. The quantitative estimate of drug-likeness (QED) is 0.219. The summed E-state index contributed by atoms with van der Waals surface area (Å²) >= 11 is 1.48. The van der Waals surface area contributed by atoms with Gasteiger partial charge in [-0.05, 0) is 67.2 Å². The number of nitriles is 1. The monoisotopic (exact) mass is 510 g/mol. The molecule has 0 fully saturated rings. The number of amides is 1. The molecular weight excluding hydrogens is 480 g/mol. The SMILES string of the molecule is N#CC(=Cc1ccc(-c2ccc3c(c2)CCCN3CCC(=O)O)s1)C(=O)NCCCC[C@@H]([NH3+])C(=O)[O-]. The average Bonchev–Trinajstić information content (AvgIpc) is 3.33. The highest BCUT2D eigenvalue weighted by Gasteiger charge is 2.18. The molecule has 0 radical (unpaired) electrons. The van der Waals surface area contributed by atoms with Gasteiger partial charge in [-0.1, -0.05) is 6.07 Å². The van der Waals surface area contributed by atoms with Crippen LogP contribution in [-0.2, 0) is 20.8 Å². The van der Waals surface area contributed by atoms with Crippen LogP contribution in [0.5, 0.6) is 0 Å². The lowest BCUT2D eigenvalue weighted by Crippen LogP contribution is -2.68. The fraction of sp³-hybridized carbons (Fsp3) is 0.385. The Labute approximate surface area is 213 Å². The van der Waals surface area contributed by atoms with E-state index < -0.39 is 23.9 Å². The lowest BCUT2D eigenvalue weighted by atomic mass is 9.98. The van der Waals surface area contributed by atoms with Crippen LogP contribution in [-0.4, -0.2) is 48.6 Å². The van der Waals surface area contributed by atoms with Gasteiger partial charge in [0.1, 0.15) is 17.7 Å². The minimum Gasteiger partial charge on any atom is -0.544 e. The third-order valence-corrected chi connectivity index (χ3v) is 7.13. The van der Waals surface area contributed by atoms with E-state index in [0.717, 1.165) is 40.4 Å². The third kappa shape index (κ3) is 7.41. The largest absolute Gasteiger partial charge is 0.544 e. The Kier molecular flexibility index (Phi) is 9.61. The molecule has 1 atom stereocenters. The van der Waals surface area contributed by atoms with Gasteiger partial charge in [0, 0.05) is 41.5 Å². The summed E-state index contributed by atoms with van der Waals surface area (Å²) in [6.07, 6.45) is 5.13. The number of unbranched alkanes of at least 4 members (excludes halogenated alkanes) is 1. The number of hydrogen-bond acceptors (Lipinski definition) is 7. The Balaban J connectivity index is 1.61. The first-order chi connectivity index (χ1) is 17.3. The van der Waals surface area contributed by atoms with Crippen molar-refractivity contribution in [2.24, 2.45) is 0 Å². The number of rotatable bonds is 12. The van der Waals surface area contributed by atoms with Crippen molar-refractivity contribution in [3.8, 4) is 16.5 Å². The highest BCUT2D eigenvalue weighted by molar-refractivity contribution is 7.16. The van der Waals surface area contributed by atoms with Gasteiger partial charge in [0.25, 0.3) is 5.91 Å². The van der Waals surface area contributed by atoms with E-state index in [1.165, 1.54) is 16.9 Å². The number of thiophene rings is 1. The molecule has 9 nitrogen and oxygen atoms in total. The Morgan fingerprint density at radius 3 is 2.81 bits per heavy atom. The minimum absolute atomic E-state index is 0.00711. The molecule has 3 rings (SSSR count). The number of nitrogens with one attached hydrogen (secondary N) is 1. The van der Waals surface area contributed by atoms with Crippen molar-refractivity contribution in [3.05, 3.63) is 46.3 Å². The van der Waals surface area contributed by atoms with Crippen LogP contribution in [0.2, 0.25) is 0 Å². The number of aryl methyl sites for hydroxylation is 1. The molecule has 2 aromatic rings. The maximum absolute atomic E-state index is 12.4. The van der Waals surface area contributed by atoms with E-state index >= 15 is 0 Å². The second-order valence-corrected chi connectivity index (χ2v) is 9.83. The number of aliphatic carboxylic acids is 2. The van der Waals surface area contributed by atoms with Gasteiger partial charge in [0.2, 0.25) is 0 Å². The van der Waals surface area contributed by atoms with Crippen molar-refractivity contribution in [2.45, 2.75) is 44.6 Å². The molecule has 5 N–H and O–H groups in total. The second-order valence-electron chi connectivity index (χ2n) is 8.72. The fourth-order valence-electron chi connectivity index (χ4n) is 4.10. The second kappa shape index (κ2) is 12.9. The van der Waals surface area contributed by atoms with Crippen LogP contribution < -0.4 is 21.1 Å². The van der Waals surface area contributed by atoms with Crippen molar-refractivity contribution in [1.29, 1.82) is 5.26 Å². The summed E-state index contributed by atoms with van der Waals surface area (Å²) in [6.45, 7) is 1.68. The van der Waals surface area contributed by atoms with E-state index in [9.17, 15) is 24.8 Å². The van der Waals surface area contributed by atoms with Crippen LogP contribution in [0.3, 0.4) is 0 Å². The lowest BCUT2D eigenvalue weighted by molar-refractivity contribution is -0.438.